The van der Waals surface area contributed by atoms with E-state index in [1.807, 2.05) is 0 Å². The largest absolute Gasteiger partial charge is 2.00 e. The smallest absolute Gasteiger partial charge is 0.534 e. The molecule has 0 unspecified atom stereocenters. The average Bonchev–Trinajstić information content (AvgIpc) is 1.12. The molecular weight excluding hydrogens is 303 g/mol. The van der Waals surface area contributed by atoms with E-state index in [0.717, 1.165) is 0 Å². The molecule has 0 heterocycles. The van der Waals surface area contributed by atoms with Crippen LogP contribution < -0.4 is 0 Å². The Hall–Kier alpha value is 1.34. The van der Waals surface area contributed by atoms with Crippen LogP contribution in [0.4, 0.5) is 0 Å². The van der Waals surface area contributed by atoms with Gasteiger partial charge in [0.15, 0.2) is 0 Å². The Bertz CT molecular complexity index is 55.5. The summed E-state index contributed by atoms with van der Waals surface area (Å²) in [5, 5.41) is 58.0. The van der Waals surface area contributed by atoms with Gasteiger partial charge in [-0.1, -0.05) is 0 Å². The summed E-state index contributed by atoms with van der Waals surface area (Å²) < 4.78 is 0. The summed E-state index contributed by atoms with van der Waals surface area (Å²) >= 11 is 0. The predicted octanol–water partition coefficient (Wildman–Crippen LogP) is -6.42. The van der Waals surface area contributed by atoms with Crippen LogP contribution in [0.5, 0.6) is 0 Å². The first-order valence-electron chi connectivity index (χ1n) is 2.07. The second kappa shape index (κ2) is 8.92. The Labute approximate surface area is 107 Å². The van der Waals surface area contributed by atoms with E-state index in [1.54, 1.807) is 0 Å². The van der Waals surface area contributed by atoms with Gasteiger partial charge in [0, 0.05) is 0 Å². The van der Waals surface area contributed by atoms with E-state index in [0.29, 0.717) is 0 Å². The third-order valence-electron chi connectivity index (χ3n) is 0. The van der Waals surface area contributed by atoms with Crippen molar-refractivity contribution < 1.29 is 45.7 Å². The van der Waals surface area contributed by atoms with Gasteiger partial charge < -0.3 is 45.7 Å². The molecule has 0 aliphatic rings. The van der Waals surface area contributed by atoms with Gasteiger partial charge in [-0.3, -0.25) is 0 Å². The molecule has 12 heavy (non-hydrogen) atoms. The maximum absolute atomic E-state index is 7.25. The van der Waals surface area contributed by atoms with Crippen LogP contribution in [0.1, 0.15) is 0 Å². The fraction of sp³-hybridized carbons (Fsp3) is 0. The first-order valence-corrected chi connectivity index (χ1v) is 2.07. The van der Waals surface area contributed by atoms with Crippen molar-refractivity contribution in [1.82, 2.24) is 0 Å². The van der Waals surface area contributed by atoms with Crippen LogP contribution in [0.3, 0.4) is 0 Å². The number of hydrogen-bond acceptors (Lipinski definition) is 8. The van der Waals surface area contributed by atoms with E-state index in [-0.39, 0.29) is 54.4 Å². The SMILES string of the molecule is O.O[B-](O)(O)O.O[B-](O)(O)O.[Ba+2]. The minimum Gasteiger partial charge on any atom is -0.534 e. The number of rotatable bonds is 0. The standard InChI is InChI=1S/2BH4O4.Ba.H2O/c2*2-1(3,4)5;;/h2*2-5H;;1H2/q2*-1;+2;. The van der Waals surface area contributed by atoms with Crippen molar-refractivity contribution in [3.8, 4) is 0 Å². The Morgan fingerprint density at radius 3 is 0.500 bits per heavy atom. The zero-order valence-electron chi connectivity index (χ0n) is 5.94. The molecule has 12 heteroatoms. The zero-order valence-corrected chi connectivity index (χ0v) is 10.4. The summed E-state index contributed by atoms with van der Waals surface area (Å²) in [5.41, 5.74) is 0. The monoisotopic (exact) mass is 314 g/mol. The summed E-state index contributed by atoms with van der Waals surface area (Å²) in [7, 11) is 0. The first kappa shape index (κ1) is 23.3. The van der Waals surface area contributed by atoms with Gasteiger partial charge in [0.2, 0.25) is 0 Å². The van der Waals surface area contributed by atoms with E-state index in [9.17, 15) is 0 Å². The van der Waals surface area contributed by atoms with Crippen LogP contribution in [-0.4, -0.2) is 108 Å². The average molecular weight is 313 g/mol. The quantitative estimate of drug-likeness (QED) is 0.202. The first-order chi connectivity index (χ1) is 4.00. The van der Waals surface area contributed by atoms with Crippen LogP contribution in [0.2, 0.25) is 0 Å². The normalized spacial score (nSPS) is 10.0. The van der Waals surface area contributed by atoms with Crippen LogP contribution in [-0.2, 0) is 0 Å². The van der Waals surface area contributed by atoms with Crippen molar-refractivity contribution in [3.63, 3.8) is 0 Å². The van der Waals surface area contributed by atoms with Crippen LogP contribution in [0.25, 0.3) is 0 Å². The summed E-state index contributed by atoms with van der Waals surface area (Å²) in [5.74, 6) is 0. The van der Waals surface area contributed by atoms with E-state index in [2.05, 4.69) is 0 Å². The molecule has 0 radical (unpaired) electrons. The van der Waals surface area contributed by atoms with Crippen molar-refractivity contribution in [2.24, 2.45) is 0 Å². The summed E-state index contributed by atoms with van der Waals surface area (Å²) in [4.78, 5) is 0. The van der Waals surface area contributed by atoms with Crippen molar-refractivity contribution in [3.05, 3.63) is 0 Å². The van der Waals surface area contributed by atoms with Gasteiger partial charge in [0.25, 0.3) is 0 Å². The minimum atomic E-state index is -4.00. The fourth-order valence-corrected chi connectivity index (χ4v) is 0. The maximum Gasteiger partial charge on any atom is 2.00 e. The maximum atomic E-state index is 7.25. The molecule has 0 spiro atoms. The van der Waals surface area contributed by atoms with Gasteiger partial charge in [0.05, 0.1) is 0 Å². The molecule has 0 aliphatic heterocycles. The zero-order chi connectivity index (χ0) is 9.00. The molecule has 0 amide bonds. The van der Waals surface area contributed by atoms with Gasteiger partial charge in [-0.25, -0.2) is 0 Å². The fourth-order valence-electron chi connectivity index (χ4n) is 0. The molecule has 72 valence electrons. The molecule has 9 nitrogen and oxygen atoms in total. The predicted molar refractivity (Wildman–Crippen MR) is 38.6 cm³/mol. The molecule has 0 rings (SSSR count). The van der Waals surface area contributed by atoms with Crippen LogP contribution in [0, 0.1) is 0 Å². The Morgan fingerprint density at radius 1 is 0.500 bits per heavy atom. The Kier molecular flexibility index (Phi) is 17.3. The summed E-state index contributed by atoms with van der Waals surface area (Å²) in [6.07, 6.45) is 0. The van der Waals surface area contributed by atoms with Crippen molar-refractivity contribution in [2.75, 3.05) is 0 Å². The van der Waals surface area contributed by atoms with Crippen molar-refractivity contribution in [2.45, 2.75) is 0 Å². The molecule has 10 N–H and O–H groups in total. The molecule has 0 saturated heterocycles. The summed E-state index contributed by atoms with van der Waals surface area (Å²) in [6.45, 7) is -8.00. The molecule has 0 bridgehead atoms. The molecule has 0 aromatic heterocycles. The topological polar surface area (TPSA) is 193 Å². The van der Waals surface area contributed by atoms with Crippen LogP contribution in [0.15, 0.2) is 0 Å². The molecule has 0 aliphatic carbocycles. The van der Waals surface area contributed by atoms with Gasteiger partial charge >= 0.3 is 62.8 Å². The Morgan fingerprint density at radius 2 is 0.500 bits per heavy atom. The van der Waals surface area contributed by atoms with Crippen LogP contribution >= 0.6 is 0 Å². The Balaban J connectivity index is -0.0000000457. The second-order valence-corrected chi connectivity index (χ2v) is 1.39. The van der Waals surface area contributed by atoms with Crippen molar-refractivity contribution in [1.29, 1.82) is 0 Å². The molecule has 0 atom stereocenters. The van der Waals surface area contributed by atoms with Gasteiger partial charge in [-0.15, -0.1) is 0 Å². The summed E-state index contributed by atoms with van der Waals surface area (Å²) in [6, 6.07) is 0. The van der Waals surface area contributed by atoms with Gasteiger partial charge in [-0.05, 0) is 0 Å². The van der Waals surface area contributed by atoms with E-state index in [4.69, 9.17) is 40.2 Å². The number of hydrogen-bond donors (Lipinski definition) is 8. The van der Waals surface area contributed by atoms with E-state index < -0.39 is 13.9 Å². The minimum absolute atomic E-state index is 0. The molecule has 0 aromatic rings. The molecule has 0 saturated carbocycles. The van der Waals surface area contributed by atoms with Crippen molar-refractivity contribution >= 4 is 62.8 Å². The second-order valence-electron chi connectivity index (χ2n) is 1.39. The molecule has 0 fully saturated rings. The third kappa shape index (κ3) is 674. The van der Waals surface area contributed by atoms with E-state index >= 15 is 0 Å². The van der Waals surface area contributed by atoms with Gasteiger partial charge in [0.1, 0.15) is 0 Å². The molecule has 0 aromatic carbocycles. The molecular formula is H10B2BaO9. The van der Waals surface area contributed by atoms with E-state index in [1.165, 1.54) is 0 Å². The van der Waals surface area contributed by atoms with Gasteiger partial charge in [-0.2, -0.15) is 0 Å². The third-order valence-corrected chi connectivity index (χ3v) is 0.